The number of carbonyl (C=O) groups excluding carboxylic acids is 2. The normalized spacial score (nSPS) is 10.2. The number of aromatic nitrogens is 1. The van der Waals surface area contributed by atoms with Gasteiger partial charge in [0.05, 0.1) is 6.20 Å². The average Bonchev–Trinajstić information content (AvgIpc) is 2.43. The Balaban J connectivity index is 2.39. The van der Waals surface area contributed by atoms with Crippen LogP contribution in [0.3, 0.4) is 0 Å². The molecule has 18 heavy (non-hydrogen) atoms. The molecule has 0 unspecified atom stereocenters. The van der Waals surface area contributed by atoms with E-state index in [1.54, 1.807) is 12.1 Å². The molecule has 1 N–H and O–H groups in total. The summed E-state index contributed by atoms with van der Waals surface area (Å²) >= 11 is 0. The van der Waals surface area contributed by atoms with E-state index in [0.29, 0.717) is 17.7 Å². The van der Waals surface area contributed by atoms with E-state index in [0.717, 1.165) is 12.8 Å². The van der Waals surface area contributed by atoms with Gasteiger partial charge in [0.15, 0.2) is 12.9 Å². The molecule has 5 nitrogen and oxygen atoms in total. The van der Waals surface area contributed by atoms with E-state index in [9.17, 15) is 9.59 Å². The molecule has 0 saturated carbocycles. The fourth-order valence-corrected chi connectivity index (χ4v) is 1.46. The highest BCUT2D eigenvalue weighted by Gasteiger charge is 2.08. The topological polar surface area (TPSA) is 68.3 Å². The highest BCUT2D eigenvalue weighted by Crippen LogP contribution is 2.07. The third kappa shape index (κ3) is 4.53. The molecule has 1 amide bonds. The van der Waals surface area contributed by atoms with E-state index in [4.69, 9.17) is 4.74 Å². The maximum atomic E-state index is 11.6. The number of amides is 1. The van der Waals surface area contributed by atoms with Crippen molar-refractivity contribution in [3.05, 3.63) is 24.0 Å². The Morgan fingerprint density at radius 2 is 2.17 bits per heavy atom. The van der Waals surface area contributed by atoms with Gasteiger partial charge in [-0.3, -0.25) is 9.59 Å². The van der Waals surface area contributed by atoms with Crippen molar-refractivity contribution in [3.63, 3.8) is 0 Å². The van der Waals surface area contributed by atoms with Gasteiger partial charge in [-0.05, 0) is 25.0 Å². The molecule has 5 heteroatoms. The molecule has 0 atom stereocenters. The van der Waals surface area contributed by atoms with Crippen molar-refractivity contribution < 1.29 is 14.3 Å². The van der Waals surface area contributed by atoms with Crippen LogP contribution in [0.4, 0.5) is 0 Å². The molecule has 0 aliphatic carbocycles. The number of nitrogens with one attached hydrogen (secondary N) is 1. The largest absolute Gasteiger partial charge is 0.482 e. The molecular formula is C13H18N2O3. The Hall–Kier alpha value is -1.91. The van der Waals surface area contributed by atoms with Crippen LogP contribution in [0.1, 0.15) is 37.2 Å². The van der Waals surface area contributed by atoms with Gasteiger partial charge >= 0.3 is 0 Å². The molecule has 1 rings (SSSR count). The van der Waals surface area contributed by atoms with E-state index in [2.05, 4.69) is 10.3 Å². The van der Waals surface area contributed by atoms with Gasteiger partial charge in [0.1, 0.15) is 11.4 Å². The van der Waals surface area contributed by atoms with Gasteiger partial charge in [-0.25, -0.2) is 4.98 Å². The SMILES string of the molecule is CCC(CC)NC(=O)COc1ccc(C=O)nc1. The summed E-state index contributed by atoms with van der Waals surface area (Å²) in [5.74, 6) is 0.323. The molecule has 1 aromatic rings. The fourth-order valence-electron chi connectivity index (χ4n) is 1.46. The number of carbonyl (C=O) groups is 2. The van der Waals surface area contributed by atoms with E-state index < -0.39 is 0 Å². The standard InChI is InChI=1S/C13H18N2O3/c1-3-10(4-2)15-13(17)9-18-12-6-5-11(8-16)14-7-12/h5-8,10H,3-4,9H2,1-2H3,(H,15,17). The van der Waals surface area contributed by atoms with Gasteiger partial charge in [0.25, 0.3) is 5.91 Å². The van der Waals surface area contributed by atoms with Crippen LogP contribution >= 0.6 is 0 Å². The lowest BCUT2D eigenvalue weighted by Crippen LogP contribution is -2.37. The second-order valence-corrected chi connectivity index (χ2v) is 3.91. The lowest BCUT2D eigenvalue weighted by atomic mass is 10.2. The zero-order valence-electron chi connectivity index (χ0n) is 10.7. The van der Waals surface area contributed by atoms with Crippen molar-refractivity contribution in [2.75, 3.05) is 6.61 Å². The minimum Gasteiger partial charge on any atom is -0.482 e. The molecule has 0 spiro atoms. The summed E-state index contributed by atoms with van der Waals surface area (Å²) in [4.78, 5) is 25.8. The summed E-state index contributed by atoms with van der Waals surface area (Å²) in [7, 11) is 0. The number of hydrogen-bond acceptors (Lipinski definition) is 4. The molecule has 0 aromatic carbocycles. The zero-order valence-corrected chi connectivity index (χ0v) is 10.7. The summed E-state index contributed by atoms with van der Waals surface area (Å²) in [6, 6.07) is 3.35. The minimum absolute atomic E-state index is 0.0430. The first-order chi connectivity index (χ1) is 8.69. The number of nitrogens with zero attached hydrogens (tertiary/aromatic N) is 1. The van der Waals surface area contributed by atoms with Crippen LogP contribution in [-0.2, 0) is 4.79 Å². The summed E-state index contributed by atoms with van der Waals surface area (Å²) in [6.45, 7) is 4.01. The van der Waals surface area contributed by atoms with Crippen molar-refractivity contribution in [1.82, 2.24) is 10.3 Å². The van der Waals surface area contributed by atoms with Crippen molar-refractivity contribution in [1.29, 1.82) is 0 Å². The number of hydrogen-bond donors (Lipinski definition) is 1. The monoisotopic (exact) mass is 250 g/mol. The van der Waals surface area contributed by atoms with Gasteiger partial charge < -0.3 is 10.1 Å². The number of rotatable bonds is 7. The third-order valence-corrected chi connectivity index (χ3v) is 2.60. The molecule has 1 aromatic heterocycles. The van der Waals surface area contributed by atoms with Crippen LogP contribution in [0.5, 0.6) is 5.75 Å². The Bertz CT molecular complexity index is 386. The van der Waals surface area contributed by atoms with E-state index in [1.165, 1.54) is 6.20 Å². The Kier molecular flexibility index (Phi) is 5.84. The molecule has 1 heterocycles. The Labute approximate surface area is 107 Å². The number of aldehydes is 1. The van der Waals surface area contributed by atoms with Crippen molar-refractivity contribution >= 4 is 12.2 Å². The van der Waals surface area contributed by atoms with Crippen LogP contribution in [0.2, 0.25) is 0 Å². The van der Waals surface area contributed by atoms with Crippen molar-refractivity contribution in [3.8, 4) is 5.75 Å². The van der Waals surface area contributed by atoms with Crippen LogP contribution in [0.15, 0.2) is 18.3 Å². The van der Waals surface area contributed by atoms with Crippen LogP contribution < -0.4 is 10.1 Å². The fraction of sp³-hybridized carbons (Fsp3) is 0.462. The predicted molar refractivity (Wildman–Crippen MR) is 67.6 cm³/mol. The van der Waals surface area contributed by atoms with Gasteiger partial charge in [0.2, 0.25) is 0 Å². The van der Waals surface area contributed by atoms with Crippen LogP contribution in [-0.4, -0.2) is 29.8 Å². The van der Waals surface area contributed by atoms with Crippen LogP contribution in [0, 0.1) is 0 Å². The maximum absolute atomic E-state index is 11.6. The highest BCUT2D eigenvalue weighted by molar-refractivity contribution is 5.77. The Morgan fingerprint density at radius 3 is 2.67 bits per heavy atom. The minimum atomic E-state index is -0.150. The molecule has 0 fully saturated rings. The highest BCUT2D eigenvalue weighted by atomic mass is 16.5. The second-order valence-electron chi connectivity index (χ2n) is 3.91. The lowest BCUT2D eigenvalue weighted by Gasteiger charge is -2.14. The molecule has 0 saturated heterocycles. The predicted octanol–water partition coefficient (Wildman–Crippen LogP) is 1.58. The van der Waals surface area contributed by atoms with Gasteiger partial charge in [-0.15, -0.1) is 0 Å². The van der Waals surface area contributed by atoms with Crippen LogP contribution in [0.25, 0.3) is 0 Å². The molecule has 0 radical (unpaired) electrons. The quantitative estimate of drug-likeness (QED) is 0.746. The number of ether oxygens (including phenoxy) is 1. The van der Waals surface area contributed by atoms with E-state index in [1.807, 2.05) is 13.8 Å². The van der Waals surface area contributed by atoms with Crippen molar-refractivity contribution in [2.45, 2.75) is 32.7 Å². The van der Waals surface area contributed by atoms with E-state index >= 15 is 0 Å². The smallest absolute Gasteiger partial charge is 0.258 e. The average molecular weight is 250 g/mol. The Morgan fingerprint density at radius 1 is 1.44 bits per heavy atom. The van der Waals surface area contributed by atoms with Gasteiger partial charge in [-0.2, -0.15) is 0 Å². The molecule has 0 bridgehead atoms. The van der Waals surface area contributed by atoms with Gasteiger partial charge in [0, 0.05) is 6.04 Å². The second kappa shape index (κ2) is 7.42. The van der Waals surface area contributed by atoms with Gasteiger partial charge in [-0.1, -0.05) is 13.8 Å². The third-order valence-electron chi connectivity index (χ3n) is 2.60. The molecule has 98 valence electrons. The summed E-state index contributed by atoms with van der Waals surface area (Å²) in [5, 5.41) is 2.87. The van der Waals surface area contributed by atoms with Crippen molar-refractivity contribution in [2.24, 2.45) is 0 Å². The molecular weight excluding hydrogens is 232 g/mol. The summed E-state index contributed by atoms with van der Waals surface area (Å²) in [5.41, 5.74) is 0.337. The first-order valence-corrected chi connectivity index (χ1v) is 6.03. The molecule has 0 aliphatic heterocycles. The first kappa shape index (κ1) is 14.2. The van der Waals surface area contributed by atoms with E-state index in [-0.39, 0.29) is 18.6 Å². The zero-order chi connectivity index (χ0) is 13.4. The molecule has 0 aliphatic rings. The first-order valence-electron chi connectivity index (χ1n) is 6.03. The maximum Gasteiger partial charge on any atom is 0.258 e. The summed E-state index contributed by atoms with van der Waals surface area (Å²) < 4.78 is 5.27. The lowest BCUT2D eigenvalue weighted by molar-refractivity contribution is -0.123. The number of pyridine rings is 1. The summed E-state index contributed by atoms with van der Waals surface area (Å²) in [6.07, 6.45) is 3.88.